The molecule has 1 aromatic rings. The first kappa shape index (κ1) is 19.0. The van der Waals surface area contributed by atoms with Crippen LogP contribution < -0.4 is 16.4 Å². The summed E-state index contributed by atoms with van der Waals surface area (Å²) in [5, 5.41) is 8.79. The zero-order chi connectivity index (χ0) is 17.4. The lowest BCUT2D eigenvalue weighted by molar-refractivity contribution is -0.138. The molecule has 23 heavy (non-hydrogen) atoms. The average molecular weight is 321 g/mol. The van der Waals surface area contributed by atoms with Gasteiger partial charge in [0.15, 0.2) is 5.78 Å². The molecular weight excluding hydrogens is 294 g/mol. The number of carboxylic acid groups (broad SMARTS) is 1. The molecular formula is C17H27N3O3. The first-order valence-corrected chi connectivity index (χ1v) is 8.06. The molecule has 1 rings (SSSR count). The quantitative estimate of drug-likeness (QED) is 0.450. The third kappa shape index (κ3) is 5.56. The lowest BCUT2D eigenvalue weighted by Crippen LogP contribution is -2.30. The molecule has 0 aliphatic heterocycles. The Morgan fingerprint density at radius 3 is 2.35 bits per heavy atom. The monoisotopic (exact) mass is 321 g/mol. The second kappa shape index (κ2) is 9.15. The maximum absolute atomic E-state index is 12.3. The number of ketones is 1. The van der Waals surface area contributed by atoms with Crippen molar-refractivity contribution in [2.75, 3.05) is 23.7 Å². The lowest BCUT2D eigenvalue weighted by Gasteiger charge is -2.24. The molecule has 0 spiro atoms. The number of carboxylic acids is 1. The first-order chi connectivity index (χ1) is 10.9. The number of rotatable bonds is 10. The number of nitrogen functional groups attached to an aromatic ring is 1. The second-order valence-corrected chi connectivity index (χ2v) is 5.67. The molecule has 0 heterocycles. The predicted octanol–water partition coefficient (Wildman–Crippen LogP) is 2.27. The van der Waals surface area contributed by atoms with Crippen LogP contribution in [0.15, 0.2) is 18.2 Å². The number of aliphatic carboxylic acids is 1. The molecule has 0 saturated carbocycles. The summed E-state index contributed by atoms with van der Waals surface area (Å²) in [5.41, 5.74) is 13.2. The summed E-state index contributed by atoms with van der Waals surface area (Å²) in [4.78, 5) is 25.3. The summed E-state index contributed by atoms with van der Waals surface area (Å²) >= 11 is 0. The number of hydrogen-bond acceptors (Lipinski definition) is 5. The van der Waals surface area contributed by atoms with Crippen molar-refractivity contribution in [1.29, 1.82) is 0 Å². The maximum atomic E-state index is 12.3. The molecule has 0 aromatic heterocycles. The van der Waals surface area contributed by atoms with Crippen molar-refractivity contribution < 1.29 is 14.7 Å². The largest absolute Gasteiger partial charge is 0.480 e. The summed E-state index contributed by atoms with van der Waals surface area (Å²) in [5.74, 6) is -1.27. The Kier molecular flexibility index (Phi) is 7.54. The van der Waals surface area contributed by atoms with Crippen LogP contribution in [0.25, 0.3) is 0 Å². The van der Waals surface area contributed by atoms with Gasteiger partial charge in [-0.05, 0) is 37.5 Å². The van der Waals surface area contributed by atoms with Gasteiger partial charge in [-0.3, -0.25) is 9.59 Å². The van der Waals surface area contributed by atoms with E-state index in [4.69, 9.17) is 16.6 Å². The minimum atomic E-state index is -1.10. The van der Waals surface area contributed by atoms with E-state index in [2.05, 4.69) is 18.7 Å². The number of benzene rings is 1. The van der Waals surface area contributed by atoms with Gasteiger partial charge in [-0.1, -0.05) is 13.8 Å². The third-order valence-corrected chi connectivity index (χ3v) is 3.69. The summed E-state index contributed by atoms with van der Waals surface area (Å²) in [7, 11) is 0. The first-order valence-electron chi connectivity index (χ1n) is 8.06. The van der Waals surface area contributed by atoms with Gasteiger partial charge in [0.1, 0.15) is 6.04 Å². The summed E-state index contributed by atoms with van der Waals surface area (Å²) in [6.07, 6.45) is 2.20. The molecule has 0 fully saturated rings. The minimum absolute atomic E-state index is 0.0721. The van der Waals surface area contributed by atoms with E-state index in [1.807, 2.05) is 6.07 Å². The van der Waals surface area contributed by atoms with Crippen molar-refractivity contribution >= 4 is 23.1 Å². The molecule has 0 unspecified atom stereocenters. The normalized spacial score (nSPS) is 12.0. The van der Waals surface area contributed by atoms with E-state index in [0.29, 0.717) is 11.3 Å². The lowest BCUT2D eigenvalue weighted by atomic mass is 10.0. The Bertz CT molecular complexity index is 540. The van der Waals surface area contributed by atoms with E-state index < -0.39 is 12.0 Å². The number of nitrogens with zero attached hydrogens (tertiary/aromatic N) is 1. The van der Waals surface area contributed by atoms with Gasteiger partial charge in [-0.25, -0.2) is 0 Å². The molecule has 0 bridgehead atoms. The zero-order valence-corrected chi connectivity index (χ0v) is 13.9. The van der Waals surface area contributed by atoms with Crippen molar-refractivity contribution in [2.24, 2.45) is 5.73 Å². The van der Waals surface area contributed by atoms with Crippen LogP contribution >= 0.6 is 0 Å². The van der Waals surface area contributed by atoms with E-state index >= 15 is 0 Å². The van der Waals surface area contributed by atoms with Crippen LogP contribution in [-0.4, -0.2) is 36.0 Å². The SMILES string of the molecule is CCCN(CCC)c1ccc(N)c(C(=O)CC[C@H](N)C(=O)O)c1. The summed E-state index contributed by atoms with van der Waals surface area (Å²) < 4.78 is 0. The van der Waals surface area contributed by atoms with Crippen LogP contribution in [0.2, 0.25) is 0 Å². The van der Waals surface area contributed by atoms with Gasteiger partial charge >= 0.3 is 5.97 Å². The smallest absolute Gasteiger partial charge is 0.320 e. The molecule has 0 saturated heterocycles. The maximum Gasteiger partial charge on any atom is 0.320 e. The van der Waals surface area contributed by atoms with Gasteiger partial charge in [0, 0.05) is 36.4 Å². The molecule has 128 valence electrons. The third-order valence-electron chi connectivity index (χ3n) is 3.69. The van der Waals surface area contributed by atoms with Crippen LogP contribution in [0.3, 0.4) is 0 Å². The van der Waals surface area contributed by atoms with Gasteiger partial charge in [-0.15, -0.1) is 0 Å². The molecule has 1 aromatic carbocycles. The van der Waals surface area contributed by atoms with Crippen LogP contribution in [0, 0.1) is 0 Å². The molecule has 0 aliphatic rings. The zero-order valence-electron chi connectivity index (χ0n) is 13.9. The van der Waals surface area contributed by atoms with Crippen molar-refractivity contribution in [3.63, 3.8) is 0 Å². The van der Waals surface area contributed by atoms with Crippen LogP contribution in [0.4, 0.5) is 11.4 Å². The van der Waals surface area contributed by atoms with E-state index in [1.165, 1.54) is 0 Å². The topological polar surface area (TPSA) is 110 Å². The predicted molar refractivity (Wildman–Crippen MR) is 92.8 cm³/mol. The number of anilines is 2. The van der Waals surface area contributed by atoms with Crippen molar-refractivity contribution in [1.82, 2.24) is 0 Å². The molecule has 0 amide bonds. The standard InChI is InChI=1S/C17H27N3O3/c1-3-9-20(10-4-2)12-5-6-14(18)13(11-12)16(21)8-7-15(19)17(22)23/h5-6,11,15H,3-4,7-10,18-19H2,1-2H3,(H,22,23)/t15-/m0/s1. The van der Waals surface area contributed by atoms with Gasteiger partial charge in [0.2, 0.25) is 0 Å². The van der Waals surface area contributed by atoms with Crippen LogP contribution in [0.1, 0.15) is 49.9 Å². The van der Waals surface area contributed by atoms with Gasteiger partial charge < -0.3 is 21.5 Å². The van der Waals surface area contributed by atoms with Gasteiger partial charge in [-0.2, -0.15) is 0 Å². The molecule has 1 atom stereocenters. The Morgan fingerprint density at radius 1 is 1.22 bits per heavy atom. The second-order valence-electron chi connectivity index (χ2n) is 5.67. The summed E-state index contributed by atoms with van der Waals surface area (Å²) in [6, 6.07) is 4.42. The van der Waals surface area contributed by atoms with E-state index in [-0.39, 0.29) is 18.6 Å². The number of carbonyl (C=O) groups is 2. The highest BCUT2D eigenvalue weighted by atomic mass is 16.4. The number of nitrogens with two attached hydrogens (primary N) is 2. The summed E-state index contributed by atoms with van der Waals surface area (Å²) in [6.45, 7) is 6.04. The Balaban J connectivity index is 2.91. The highest BCUT2D eigenvalue weighted by molar-refractivity contribution is 6.01. The van der Waals surface area contributed by atoms with Gasteiger partial charge in [0.25, 0.3) is 0 Å². The van der Waals surface area contributed by atoms with E-state index in [0.717, 1.165) is 31.6 Å². The van der Waals surface area contributed by atoms with Crippen molar-refractivity contribution in [3.8, 4) is 0 Å². The molecule has 6 heteroatoms. The van der Waals surface area contributed by atoms with Crippen LogP contribution in [0.5, 0.6) is 0 Å². The highest BCUT2D eigenvalue weighted by Gasteiger charge is 2.17. The highest BCUT2D eigenvalue weighted by Crippen LogP contribution is 2.23. The molecule has 6 nitrogen and oxygen atoms in total. The average Bonchev–Trinajstić information content (AvgIpc) is 2.52. The van der Waals surface area contributed by atoms with E-state index in [9.17, 15) is 9.59 Å². The van der Waals surface area contributed by atoms with Crippen LogP contribution in [-0.2, 0) is 4.79 Å². The van der Waals surface area contributed by atoms with Gasteiger partial charge in [0.05, 0.1) is 0 Å². The number of hydrogen-bond donors (Lipinski definition) is 3. The number of carbonyl (C=O) groups excluding carboxylic acids is 1. The molecule has 0 radical (unpaired) electrons. The molecule has 0 aliphatic carbocycles. The Morgan fingerprint density at radius 2 is 1.83 bits per heavy atom. The van der Waals surface area contributed by atoms with E-state index in [1.54, 1.807) is 12.1 Å². The fourth-order valence-electron chi connectivity index (χ4n) is 2.44. The van der Waals surface area contributed by atoms with Crippen molar-refractivity contribution in [3.05, 3.63) is 23.8 Å². The molecule has 5 N–H and O–H groups in total. The fourth-order valence-corrected chi connectivity index (χ4v) is 2.44. The van der Waals surface area contributed by atoms with Crippen molar-refractivity contribution in [2.45, 2.75) is 45.6 Å². The Labute approximate surface area is 137 Å². The fraction of sp³-hybridized carbons (Fsp3) is 0.529. The number of Topliss-reactive ketones (excluding diaryl/α,β-unsaturated/α-hetero) is 1. The minimum Gasteiger partial charge on any atom is -0.480 e. The Hall–Kier alpha value is -2.08.